The van der Waals surface area contributed by atoms with Gasteiger partial charge in [-0.1, -0.05) is 0 Å². The predicted molar refractivity (Wildman–Crippen MR) is 110 cm³/mol. The number of halogens is 5. The highest BCUT2D eigenvalue weighted by molar-refractivity contribution is 6.10. The van der Waals surface area contributed by atoms with Crippen LogP contribution in [0.2, 0.25) is 0 Å². The van der Waals surface area contributed by atoms with E-state index in [1.807, 2.05) is 0 Å². The average molecular weight is 464 g/mol. The highest BCUT2D eigenvalue weighted by Crippen LogP contribution is 2.33. The fourth-order valence-electron chi connectivity index (χ4n) is 3.60. The van der Waals surface area contributed by atoms with Gasteiger partial charge in [-0.15, -0.1) is 0 Å². The molecule has 0 saturated heterocycles. The molecule has 33 heavy (non-hydrogen) atoms. The Hall–Kier alpha value is -3.83. The lowest BCUT2D eigenvalue weighted by Crippen LogP contribution is -2.31. The number of carbonyl (C=O) groups is 1. The predicted octanol–water partition coefficient (Wildman–Crippen LogP) is 4.23. The van der Waals surface area contributed by atoms with Crippen LogP contribution in [0.4, 0.5) is 27.8 Å². The third kappa shape index (κ3) is 3.70. The van der Waals surface area contributed by atoms with Crippen molar-refractivity contribution in [3.63, 3.8) is 0 Å². The lowest BCUT2D eigenvalue weighted by atomic mass is 10.1. The number of rotatable bonds is 3. The van der Waals surface area contributed by atoms with Gasteiger partial charge in [0.25, 0.3) is 5.91 Å². The zero-order chi connectivity index (χ0) is 24.2. The summed E-state index contributed by atoms with van der Waals surface area (Å²) in [5.74, 6) is -2.79. The largest absolute Gasteiger partial charge is 0.417 e. The maximum Gasteiger partial charge on any atom is 0.417 e. The monoisotopic (exact) mass is 464 g/mol. The number of hydrogen-bond acceptors (Lipinski definition) is 5. The molecule has 0 aliphatic heterocycles. The molecule has 172 valence electrons. The summed E-state index contributed by atoms with van der Waals surface area (Å²) in [5.41, 5.74) is 4.69. The van der Waals surface area contributed by atoms with Crippen molar-refractivity contribution >= 4 is 33.5 Å². The van der Waals surface area contributed by atoms with Crippen LogP contribution in [0.15, 0.2) is 30.6 Å². The third-order valence-corrected chi connectivity index (χ3v) is 5.52. The molecule has 3 heterocycles. The molecule has 4 rings (SSSR count). The second-order valence-corrected chi connectivity index (χ2v) is 7.56. The van der Waals surface area contributed by atoms with Crippen molar-refractivity contribution in [2.24, 2.45) is 7.05 Å². The van der Waals surface area contributed by atoms with Gasteiger partial charge in [-0.3, -0.25) is 14.5 Å². The smallest absolute Gasteiger partial charge is 0.383 e. The Morgan fingerprint density at radius 3 is 2.45 bits per heavy atom. The average Bonchev–Trinajstić information content (AvgIpc) is 3.13. The lowest BCUT2D eigenvalue weighted by molar-refractivity contribution is -0.138. The van der Waals surface area contributed by atoms with E-state index < -0.39 is 35.3 Å². The van der Waals surface area contributed by atoms with Crippen LogP contribution in [0.3, 0.4) is 0 Å². The van der Waals surface area contributed by atoms with Crippen LogP contribution in [-0.4, -0.2) is 37.6 Å². The molecule has 1 amide bonds. The molecule has 1 atom stereocenters. The van der Waals surface area contributed by atoms with Crippen molar-refractivity contribution in [1.82, 2.24) is 24.6 Å². The minimum atomic E-state index is -4.76. The van der Waals surface area contributed by atoms with Gasteiger partial charge >= 0.3 is 6.18 Å². The van der Waals surface area contributed by atoms with E-state index in [-0.39, 0.29) is 22.6 Å². The van der Waals surface area contributed by atoms with Gasteiger partial charge in [0.15, 0.2) is 0 Å². The summed E-state index contributed by atoms with van der Waals surface area (Å²) in [4.78, 5) is 21.8. The van der Waals surface area contributed by atoms with E-state index >= 15 is 0 Å². The van der Waals surface area contributed by atoms with Gasteiger partial charge in [0.05, 0.1) is 45.5 Å². The Balaban J connectivity index is 1.75. The zero-order valence-electron chi connectivity index (χ0n) is 17.6. The summed E-state index contributed by atoms with van der Waals surface area (Å²) in [6.45, 7) is 1.37. The molecule has 7 nitrogen and oxygen atoms in total. The molecule has 4 aromatic rings. The van der Waals surface area contributed by atoms with Crippen LogP contribution < -0.4 is 5.73 Å². The summed E-state index contributed by atoms with van der Waals surface area (Å²) in [6, 6.07) is 1.57. The molecule has 3 aromatic heterocycles. The Morgan fingerprint density at radius 1 is 1.12 bits per heavy atom. The summed E-state index contributed by atoms with van der Waals surface area (Å²) < 4.78 is 69.1. The van der Waals surface area contributed by atoms with Crippen LogP contribution >= 0.6 is 0 Å². The van der Waals surface area contributed by atoms with Gasteiger partial charge in [0.1, 0.15) is 17.5 Å². The van der Waals surface area contributed by atoms with Gasteiger partial charge < -0.3 is 10.6 Å². The Kier molecular flexibility index (Phi) is 5.18. The molecule has 0 spiro atoms. The van der Waals surface area contributed by atoms with Crippen LogP contribution in [0.1, 0.15) is 34.6 Å². The number of amides is 1. The maximum atomic E-state index is 14.9. The minimum absolute atomic E-state index is 0.152. The van der Waals surface area contributed by atoms with Gasteiger partial charge in [0, 0.05) is 31.7 Å². The van der Waals surface area contributed by atoms with E-state index in [0.29, 0.717) is 28.6 Å². The normalized spacial score (nSPS) is 13.0. The lowest BCUT2D eigenvalue weighted by Gasteiger charge is -2.25. The molecular weight excluding hydrogens is 447 g/mol. The van der Waals surface area contributed by atoms with Crippen LogP contribution in [-0.2, 0) is 13.2 Å². The van der Waals surface area contributed by atoms with E-state index in [9.17, 15) is 26.7 Å². The van der Waals surface area contributed by atoms with E-state index in [0.717, 1.165) is 11.0 Å². The van der Waals surface area contributed by atoms with Crippen molar-refractivity contribution < 1.29 is 26.7 Å². The molecule has 12 heteroatoms. The number of alkyl halides is 3. The molecule has 0 fully saturated rings. The molecule has 0 saturated carbocycles. The molecule has 2 N–H and O–H groups in total. The molecule has 0 aliphatic carbocycles. The van der Waals surface area contributed by atoms with Crippen molar-refractivity contribution in [1.29, 1.82) is 0 Å². The Labute approximate surface area is 183 Å². The van der Waals surface area contributed by atoms with Crippen molar-refractivity contribution in [2.75, 3.05) is 12.8 Å². The molecule has 0 aliphatic rings. The van der Waals surface area contributed by atoms with Crippen LogP contribution in [0, 0.1) is 11.6 Å². The fourth-order valence-corrected chi connectivity index (χ4v) is 3.60. The van der Waals surface area contributed by atoms with Crippen LogP contribution in [0.5, 0.6) is 0 Å². The number of aryl methyl sites for hydroxylation is 1. The number of fused-ring (bicyclic) bond motifs is 3. The van der Waals surface area contributed by atoms with Gasteiger partial charge in [-0.25, -0.2) is 13.8 Å². The number of nitrogens with zero attached hydrogens (tertiary/aromatic N) is 5. The third-order valence-electron chi connectivity index (χ3n) is 5.52. The number of aromatic nitrogens is 4. The highest BCUT2D eigenvalue weighted by Gasteiger charge is 2.33. The first-order chi connectivity index (χ1) is 15.4. The van der Waals surface area contributed by atoms with Crippen molar-refractivity contribution in [3.8, 4) is 0 Å². The number of carbonyl (C=O) groups excluding carboxylic acids is 1. The van der Waals surface area contributed by atoms with Gasteiger partial charge in [0.2, 0.25) is 0 Å². The Bertz CT molecular complexity index is 1410. The summed E-state index contributed by atoms with van der Waals surface area (Å²) in [7, 11) is 2.93. The molecule has 0 bridgehead atoms. The first kappa shape index (κ1) is 22.4. The van der Waals surface area contributed by atoms with Crippen molar-refractivity contribution in [2.45, 2.75) is 19.1 Å². The second kappa shape index (κ2) is 7.64. The zero-order valence-corrected chi connectivity index (χ0v) is 17.6. The molecule has 0 unspecified atom stereocenters. The number of benzene rings is 1. The molecular formula is C21H17F5N6O. The number of hydrogen-bond donors (Lipinski definition) is 1. The Morgan fingerprint density at radius 2 is 1.82 bits per heavy atom. The first-order valence-electron chi connectivity index (χ1n) is 9.60. The first-order valence-corrected chi connectivity index (χ1v) is 9.60. The number of nitrogens with two attached hydrogens (primary N) is 1. The van der Waals surface area contributed by atoms with Crippen LogP contribution in [0.25, 0.3) is 21.8 Å². The maximum absolute atomic E-state index is 14.9. The summed E-state index contributed by atoms with van der Waals surface area (Å²) in [6.07, 6.45) is -2.78. The standard InChI is InChI=1S/C21H17F5N6O/c1-9(17-15(23)4-10(7-28-17)21(24,25)26)31(2)20(33)11-5-12-16(6-14(11)22)30-19(27)13-8-29-32(3)18(12)13/h4-9H,1-3H3,(H2,27,30)/t9-/m1/s1. The SMILES string of the molecule is C[C@H](c1ncc(C(F)(F)F)cc1F)N(C)C(=O)c1cc2c(cc1F)nc(N)c1cnn(C)c12. The van der Waals surface area contributed by atoms with Crippen molar-refractivity contribution in [3.05, 3.63) is 59.0 Å². The number of pyridine rings is 2. The number of anilines is 1. The van der Waals surface area contributed by atoms with Gasteiger partial charge in [-0.2, -0.15) is 18.3 Å². The fraction of sp³-hybridized carbons (Fsp3) is 0.238. The minimum Gasteiger partial charge on any atom is -0.383 e. The second-order valence-electron chi connectivity index (χ2n) is 7.56. The summed E-state index contributed by atoms with van der Waals surface area (Å²) in [5, 5.41) is 5.06. The quantitative estimate of drug-likeness (QED) is 0.459. The topological polar surface area (TPSA) is 89.9 Å². The van der Waals surface area contributed by atoms with E-state index in [4.69, 9.17) is 5.73 Å². The highest BCUT2D eigenvalue weighted by atomic mass is 19.4. The molecule has 1 aromatic carbocycles. The molecule has 0 radical (unpaired) electrons. The van der Waals surface area contributed by atoms with E-state index in [1.165, 1.54) is 30.9 Å². The van der Waals surface area contributed by atoms with Gasteiger partial charge in [-0.05, 0) is 19.1 Å². The number of nitrogen functional groups attached to an aromatic ring is 1. The van der Waals surface area contributed by atoms with E-state index in [1.54, 1.807) is 7.05 Å². The summed E-state index contributed by atoms with van der Waals surface area (Å²) >= 11 is 0. The van der Waals surface area contributed by atoms with E-state index in [2.05, 4.69) is 15.1 Å².